The highest BCUT2D eigenvalue weighted by atomic mass is 31.0. The summed E-state index contributed by atoms with van der Waals surface area (Å²) in [6.45, 7) is 2.73. The van der Waals surface area contributed by atoms with Gasteiger partial charge in [-0.15, -0.1) is 0 Å². The van der Waals surface area contributed by atoms with Crippen LogP contribution >= 0.6 is 9.24 Å². The van der Waals surface area contributed by atoms with E-state index in [9.17, 15) is 17.3 Å². The molecule has 0 N–H and O–H groups in total. The molecule has 1 atom stereocenters. The third kappa shape index (κ3) is 11.2. The summed E-state index contributed by atoms with van der Waals surface area (Å²) in [5.41, 5.74) is 0. The maximum absolute atomic E-state index is 9.75. The maximum atomic E-state index is 9.75. The van der Waals surface area contributed by atoms with Gasteiger partial charge in [0.15, 0.2) is 0 Å². The van der Waals surface area contributed by atoms with E-state index in [0.717, 1.165) is 12.4 Å². The first kappa shape index (κ1) is 14.2. The van der Waals surface area contributed by atoms with Gasteiger partial charge in [-0.1, -0.05) is 0 Å². The van der Waals surface area contributed by atoms with Crippen molar-refractivity contribution in [2.45, 2.75) is 6.92 Å². The molecule has 1 rings (SSSR count). The highest BCUT2D eigenvalue weighted by molar-refractivity contribution is 7.27. The molecule has 0 saturated carbocycles. The standard InChI is InChI=1S/C8H11OP.BF4/c1-2-9-7-3-5-8(10)6-4-7;2-1(3,4)5/h3-6H,2,10H2,1H3;/q;-1/p+1. The van der Waals surface area contributed by atoms with Gasteiger partial charge in [-0.05, 0) is 31.2 Å². The predicted octanol–water partition coefficient (Wildman–Crippen LogP) is 2.62. The molecular weight excluding hydrogens is 230 g/mol. The van der Waals surface area contributed by atoms with E-state index >= 15 is 0 Å². The molecule has 0 amide bonds. The van der Waals surface area contributed by atoms with Crippen LogP contribution in [0.25, 0.3) is 0 Å². The Kier molecular flexibility index (Phi) is 6.33. The summed E-state index contributed by atoms with van der Waals surface area (Å²) in [6, 6.07) is 8.10. The lowest BCUT2D eigenvalue weighted by Crippen LogP contribution is -2.02. The zero-order chi connectivity index (χ0) is 11.9. The molecule has 0 spiro atoms. The summed E-state index contributed by atoms with van der Waals surface area (Å²) in [5.74, 6) is 0.956. The second kappa shape index (κ2) is 6.67. The zero-order valence-electron chi connectivity index (χ0n) is 8.22. The van der Waals surface area contributed by atoms with E-state index in [1.165, 1.54) is 5.30 Å². The monoisotopic (exact) mass is 242 g/mol. The van der Waals surface area contributed by atoms with E-state index in [1.54, 1.807) is 0 Å². The minimum Gasteiger partial charge on any atom is -0.494 e. The van der Waals surface area contributed by atoms with Crippen molar-refractivity contribution in [1.82, 2.24) is 0 Å². The third-order valence-corrected chi connectivity index (χ3v) is 1.71. The molecular formula is C8H12BF4OP. The first-order chi connectivity index (χ1) is 6.83. The lowest BCUT2D eigenvalue weighted by atomic mass is 10.3. The van der Waals surface area contributed by atoms with Crippen LogP contribution in [0, 0.1) is 0 Å². The van der Waals surface area contributed by atoms with E-state index in [-0.39, 0.29) is 0 Å². The van der Waals surface area contributed by atoms with E-state index < -0.39 is 7.25 Å². The topological polar surface area (TPSA) is 9.23 Å². The van der Waals surface area contributed by atoms with Gasteiger partial charge >= 0.3 is 7.25 Å². The lowest BCUT2D eigenvalue weighted by molar-refractivity contribution is 0.340. The molecule has 0 aliphatic carbocycles. The van der Waals surface area contributed by atoms with Gasteiger partial charge < -0.3 is 22.0 Å². The molecule has 1 aromatic rings. The number of rotatable bonds is 2. The molecule has 0 heterocycles. The van der Waals surface area contributed by atoms with E-state index in [0.29, 0.717) is 0 Å². The van der Waals surface area contributed by atoms with E-state index in [2.05, 4.69) is 12.1 Å². The third-order valence-electron chi connectivity index (χ3n) is 1.23. The summed E-state index contributed by atoms with van der Waals surface area (Å²) < 4.78 is 44.3. The Morgan fingerprint density at radius 3 is 1.87 bits per heavy atom. The minimum absolute atomic E-state index is 0.741. The number of benzene rings is 1. The first-order valence-corrected chi connectivity index (χ1v) is 4.95. The van der Waals surface area contributed by atoms with E-state index in [4.69, 9.17) is 4.74 Å². The Bertz CT molecular complexity index is 269. The van der Waals surface area contributed by atoms with Crippen LogP contribution in [-0.4, -0.2) is 13.9 Å². The fourth-order valence-electron chi connectivity index (χ4n) is 0.752. The SMILES string of the molecule is CCOc1ccc([PH3+])cc1.F[B-](F)(F)F. The molecule has 0 fully saturated rings. The van der Waals surface area contributed by atoms with Crippen molar-refractivity contribution in [2.75, 3.05) is 6.61 Å². The maximum Gasteiger partial charge on any atom is 0.673 e. The fraction of sp³-hybridized carbons (Fsp3) is 0.250. The van der Waals surface area contributed by atoms with Crippen molar-refractivity contribution >= 4 is 21.8 Å². The van der Waals surface area contributed by atoms with Gasteiger partial charge in [0.05, 0.1) is 11.9 Å². The number of halogens is 4. The van der Waals surface area contributed by atoms with Crippen LogP contribution in [0.1, 0.15) is 6.92 Å². The molecule has 0 aromatic heterocycles. The Morgan fingerprint density at radius 2 is 1.53 bits per heavy atom. The van der Waals surface area contributed by atoms with Gasteiger partial charge in [-0.2, -0.15) is 0 Å². The number of ether oxygens (including phenoxy) is 1. The summed E-state index contributed by atoms with van der Waals surface area (Å²) in [5, 5.41) is 1.29. The summed E-state index contributed by atoms with van der Waals surface area (Å²) >= 11 is 0. The molecule has 15 heavy (non-hydrogen) atoms. The second-order valence-electron chi connectivity index (χ2n) is 2.57. The molecule has 7 heteroatoms. The van der Waals surface area contributed by atoms with Crippen molar-refractivity contribution in [3.05, 3.63) is 24.3 Å². The zero-order valence-corrected chi connectivity index (χ0v) is 9.64. The van der Waals surface area contributed by atoms with Crippen LogP contribution in [0.4, 0.5) is 17.3 Å². The van der Waals surface area contributed by atoms with Gasteiger partial charge in [-0.25, -0.2) is 0 Å². The van der Waals surface area contributed by atoms with Crippen LogP contribution in [-0.2, 0) is 0 Å². The molecule has 1 aromatic carbocycles. The predicted molar refractivity (Wildman–Crippen MR) is 58.5 cm³/mol. The quantitative estimate of drug-likeness (QED) is 0.440. The van der Waals surface area contributed by atoms with Crippen LogP contribution < -0.4 is 10.0 Å². The Hall–Kier alpha value is -0.765. The van der Waals surface area contributed by atoms with Gasteiger partial charge in [0.25, 0.3) is 0 Å². The molecule has 0 radical (unpaired) electrons. The molecule has 0 saturated heterocycles. The molecule has 86 valence electrons. The first-order valence-electron chi connectivity index (χ1n) is 4.25. The van der Waals surface area contributed by atoms with E-state index in [1.807, 2.05) is 28.3 Å². The van der Waals surface area contributed by atoms with Crippen LogP contribution in [0.2, 0.25) is 0 Å². The fourth-order valence-corrected chi connectivity index (χ4v) is 0.988. The number of hydrogen-bond donors (Lipinski definition) is 0. The lowest BCUT2D eigenvalue weighted by Gasteiger charge is -1.99. The normalized spacial score (nSPS) is 10.5. The van der Waals surface area contributed by atoms with Gasteiger partial charge in [0.2, 0.25) is 0 Å². The average Bonchev–Trinajstić information content (AvgIpc) is 2.06. The molecule has 1 unspecified atom stereocenters. The van der Waals surface area contributed by atoms with Crippen molar-refractivity contribution in [1.29, 1.82) is 0 Å². The summed E-state index contributed by atoms with van der Waals surface area (Å²) in [4.78, 5) is 0. The largest absolute Gasteiger partial charge is 0.673 e. The van der Waals surface area contributed by atoms with Gasteiger partial charge in [-0.3, -0.25) is 0 Å². The Labute approximate surface area is 88.1 Å². The van der Waals surface area contributed by atoms with Crippen molar-refractivity contribution in [2.24, 2.45) is 0 Å². The number of hydrogen-bond acceptors (Lipinski definition) is 1. The van der Waals surface area contributed by atoms with Gasteiger partial charge in [0, 0.05) is 9.24 Å². The van der Waals surface area contributed by atoms with Crippen molar-refractivity contribution in [3.63, 3.8) is 0 Å². The molecule has 0 aliphatic rings. The smallest absolute Gasteiger partial charge is 0.494 e. The Balaban J connectivity index is 0.000000336. The second-order valence-corrected chi connectivity index (χ2v) is 3.39. The minimum atomic E-state index is -6.00. The average molecular weight is 242 g/mol. The summed E-state index contributed by atoms with van der Waals surface area (Å²) in [7, 11) is -4.12. The highest BCUT2D eigenvalue weighted by Gasteiger charge is 2.20. The van der Waals surface area contributed by atoms with Gasteiger partial charge in [0.1, 0.15) is 5.75 Å². The van der Waals surface area contributed by atoms with Crippen LogP contribution in [0.15, 0.2) is 24.3 Å². The highest BCUT2D eigenvalue weighted by Crippen LogP contribution is 2.07. The van der Waals surface area contributed by atoms with Crippen LogP contribution in [0.5, 0.6) is 5.75 Å². The molecule has 1 nitrogen and oxygen atoms in total. The van der Waals surface area contributed by atoms with Crippen molar-refractivity contribution < 1.29 is 22.0 Å². The molecule has 0 aliphatic heterocycles. The summed E-state index contributed by atoms with van der Waals surface area (Å²) in [6.07, 6.45) is 0. The molecule has 0 bridgehead atoms. The van der Waals surface area contributed by atoms with Crippen LogP contribution in [0.3, 0.4) is 0 Å². The van der Waals surface area contributed by atoms with Crippen molar-refractivity contribution in [3.8, 4) is 5.75 Å². The Morgan fingerprint density at radius 1 is 1.13 bits per heavy atom.